The highest BCUT2D eigenvalue weighted by atomic mass is 16.6. The van der Waals surface area contributed by atoms with Crippen LogP contribution in [0.5, 0.6) is 11.5 Å². The van der Waals surface area contributed by atoms with E-state index in [4.69, 9.17) is 29.2 Å². The van der Waals surface area contributed by atoms with Crippen molar-refractivity contribution in [2.75, 3.05) is 39.6 Å². The largest absolute Gasteiger partial charge is 0.491 e. The van der Waals surface area contributed by atoms with Crippen LogP contribution in [0.15, 0.2) is 153 Å². The van der Waals surface area contributed by atoms with E-state index in [0.717, 1.165) is 44.4 Å². The van der Waals surface area contributed by atoms with E-state index < -0.39 is 47.5 Å². The van der Waals surface area contributed by atoms with Crippen molar-refractivity contribution in [1.82, 2.24) is 27.9 Å². The Morgan fingerprint density at radius 1 is 0.487 bits per heavy atom. The van der Waals surface area contributed by atoms with E-state index in [1.165, 1.54) is 36.4 Å². The standard InChI is InChI=1S/C58H48N6O14/c1-33-49(45-7-3-5-21-61(45)51(33)53(69)37-13-19-41-43(29-37)59-57(73)63(55(41)71)31-47(65)66)35-9-15-39(16-10-35)77-27-25-75-23-24-76-26-28-78-40-17-11-36(12-18-40)50-34(2)52(62-22-6-4-8-46(50)62)54(70)38-14-20-42-44(30-38)60-58(74)64(56(42)72)32-48(67)68/h3-22,29-30H,23-28,31-32H2,1-2H3,(H,59,73)(H,60,74)(H,65,66)(H,67,68). The molecule has 6 heterocycles. The monoisotopic (exact) mass is 1050 g/mol. The number of rotatable bonds is 21. The van der Waals surface area contributed by atoms with Gasteiger partial charge in [0.1, 0.15) is 37.8 Å². The number of hydrogen-bond acceptors (Lipinski definition) is 12. The van der Waals surface area contributed by atoms with Gasteiger partial charge in [0.15, 0.2) is 0 Å². The van der Waals surface area contributed by atoms with E-state index in [1.807, 2.05) is 98.8 Å². The molecule has 0 spiro atoms. The molecule has 0 saturated carbocycles. The van der Waals surface area contributed by atoms with Gasteiger partial charge in [-0.05, 0) is 109 Å². The Kier molecular flexibility index (Phi) is 14.4. The van der Waals surface area contributed by atoms with Crippen LogP contribution in [0.2, 0.25) is 0 Å². The molecule has 78 heavy (non-hydrogen) atoms. The first-order valence-electron chi connectivity index (χ1n) is 24.6. The van der Waals surface area contributed by atoms with Gasteiger partial charge in [0.05, 0.1) is 70.7 Å². The van der Waals surface area contributed by atoms with Crippen molar-refractivity contribution in [2.24, 2.45) is 0 Å². The van der Waals surface area contributed by atoms with Gasteiger partial charge in [0.25, 0.3) is 11.1 Å². The fourth-order valence-electron chi connectivity index (χ4n) is 9.77. The van der Waals surface area contributed by atoms with Crippen molar-refractivity contribution < 1.29 is 48.3 Å². The predicted octanol–water partition coefficient (Wildman–Crippen LogP) is 6.27. The summed E-state index contributed by atoms with van der Waals surface area (Å²) in [7, 11) is 0. The number of aromatic amines is 2. The highest BCUT2D eigenvalue weighted by Gasteiger charge is 2.26. The molecule has 394 valence electrons. The lowest BCUT2D eigenvalue weighted by Gasteiger charge is -2.10. The Bertz CT molecular complexity index is 4000. The number of hydrogen-bond donors (Lipinski definition) is 4. The summed E-state index contributed by atoms with van der Waals surface area (Å²) in [6, 6.07) is 34.9. The van der Waals surface area contributed by atoms with Gasteiger partial charge in [-0.25, -0.2) is 18.7 Å². The number of benzene rings is 4. The van der Waals surface area contributed by atoms with Crippen LogP contribution in [0.4, 0.5) is 0 Å². The summed E-state index contributed by atoms with van der Waals surface area (Å²) < 4.78 is 28.1. The first-order chi connectivity index (χ1) is 37.7. The third kappa shape index (κ3) is 10.0. The Morgan fingerprint density at radius 2 is 0.872 bits per heavy atom. The molecule has 6 aromatic heterocycles. The summed E-state index contributed by atoms with van der Waals surface area (Å²) in [6.07, 6.45) is 3.59. The van der Waals surface area contributed by atoms with Gasteiger partial charge in [0, 0.05) is 34.6 Å². The van der Waals surface area contributed by atoms with E-state index in [9.17, 15) is 38.4 Å². The lowest BCUT2D eigenvalue weighted by Crippen LogP contribution is -2.37. The zero-order chi connectivity index (χ0) is 54.8. The number of carboxylic acid groups (broad SMARTS) is 2. The third-order valence-corrected chi connectivity index (χ3v) is 13.3. The van der Waals surface area contributed by atoms with Gasteiger partial charge in [-0.2, -0.15) is 0 Å². The number of nitrogens with zero attached hydrogens (tertiary/aromatic N) is 4. The maximum Gasteiger partial charge on any atom is 0.329 e. The predicted molar refractivity (Wildman–Crippen MR) is 288 cm³/mol. The number of carbonyl (C=O) groups is 4. The van der Waals surface area contributed by atoms with Crippen molar-refractivity contribution in [1.29, 1.82) is 0 Å². The molecule has 20 heteroatoms. The van der Waals surface area contributed by atoms with Crippen LogP contribution in [-0.2, 0) is 32.2 Å². The summed E-state index contributed by atoms with van der Waals surface area (Å²) >= 11 is 0. The zero-order valence-corrected chi connectivity index (χ0v) is 41.9. The molecule has 20 nitrogen and oxygen atoms in total. The highest BCUT2D eigenvalue weighted by molar-refractivity contribution is 6.14. The number of aliphatic carboxylic acids is 2. The van der Waals surface area contributed by atoms with Crippen molar-refractivity contribution >= 4 is 56.3 Å². The van der Waals surface area contributed by atoms with Crippen LogP contribution in [0.1, 0.15) is 43.2 Å². The summed E-state index contributed by atoms with van der Waals surface area (Å²) in [5.41, 5.74) is 4.59. The SMILES string of the molecule is Cc1c(-c2ccc(OCCOCCOCCOc3ccc(-c4c(C)c(C(=O)c5ccc6c(=O)n(CC(=O)O)c(=O)[nH]c6c5)n5ccccc45)cc3)cc2)c2ccccn2c1C(=O)c1ccc2c(=O)n(CC(=O)O)c(=O)[nH]c2c1. The first-order valence-corrected chi connectivity index (χ1v) is 24.6. The molecule has 10 rings (SSSR count). The Hall–Kier alpha value is -9.92. The molecular formula is C58H48N6O14. The summed E-state index contributed by atoms with van der Waals surface area (Å²) in [6.45, 7) is 4.05. The lowest BCUT2D eigenvalue weighted by atomic mass is 9.98. The van der Waals surface area contributed by atoms with Gasteiger partial charge >= 0.3 is 23.3 Å². The van der Waals surface area contributed by atoms with Crippen LogP contribution in [0.25, 0.3) is 55.1 Å². The third-order valence-electron chi connectivity index (χ3n) is 13.3. The molecule has 0 saturated heterocycles. The number of carboxylic acids is 2. The highest BCUT2D eigenvalue weighted by Crippen LogP contribution is 2.37. The maximum absolute atomic E-state index is 14.1. The molecular weight excluding hydrogens is 1000 g/mol. The minimum atomic E-state index is -1.34. The average Bonchev–Trinajstić information content (AvgIpc) is 4.15. The molecule has 0 aliphatic rings. The summed E-state index contributed by atoms with van der Waals surface area (Å²) in [4.78, 5) is 107. The summed E-state index contributed by atoms with van der Waals surface area (Å²) in [5, 5.41) is 18.4. The fourth-order valence-corrected chi connectivity index (χ4v) is 9.77. The van der Waals surface area contributed by atoms with Crippen molar-refractivity contribution in [3.8, 4) is 33.8 Å². The molecule has 0 radical (unpaired) electrons. The fraction of sp³-hybridized carbons (Fsp3) is 0.172. The number of aromatic nitrogens is 6. The molecule has 0 unspecified atom stereocenters. The number of ketones is 2. The second kappa shape index (κ2) is 21.7. The Balaban J connectivity index is 0.693. The molecule has 0 amide bonds. The maximum atomic E-state index is 14.1. The van der Waals surface area contributed by atoms with E-state index in [-0.39, 0.29) is 44.5 Å². The van der Waals surface area contributed by atoms with Crippen LogP contribution in [0.3, 0.4) is 0 Å². The first kappa shape index (κ1) is 51.6. The molecule has 0 fully saturated rings. The number of H-pyrrole nitrogens is 2. The molecule has 0 atom stereocenters. The number of nitrogens with one attached hydrogen (secondary N) is 2. The van der Waals surface area contributed by atoms with Crippen LogP contribution >= 0.6 is 0 Å². The van der Waals surface area contributed by atoms with Crippen LogP contribution < -0.4 is 32.0 Å². The van der Waals surface area contributed by atoms with Gasteiger partial charge in [-0.1, -0.05) is 48.5 Å². The van der Waals surface area contributed by atoms with Crippen LogP contribution in [-0.4, -0.2) is 101 Å². The molecule has 0 aliphatic heterocycles. The van der Waals surface area contributed by atoms with Gasteiger partial charge in [-0.3, -0.25) is 28.8 Å². The molecule has 10 aromatic rings. The number of carbonyl (C=O) groups excluding carboxylic acids is 2. The van der Waals surface area contributed by atoms with Crippen molar-refractivity contribution in [3.63, 3.8) is 0 Å². The number of ether oxygens (including phenoxy) is 4. The topological polar surface area (TPSA) is 264 Å². The molecule has 0 bridgehead atoms. The molecule has 4 N–H and O–H groups in total. The van der Waals surface area contributed by atoms with E-state index >= 15 is 0 Å². The summed E-state index contributed by atoms with van der Waals surface area (Å²) in [5.74, 6) is -2.10. The van der Waals surface area contributed by atoms with Gasteiger partial charge in [0.2, 0.25) is 11.6 Å². The average molecular weight is 1050 g/mol. The Labute approximate surface area is 440 Å². The number of fused-ring (bicyclic) bond motifs is 4. The van der Waals surface area contributed by atoms with Gasteiger partial charge in [-0.15, -0.1) is 0 Å². The molecule has 4 aromatic carbocycles. The van der Waals surface area contributed by atoms with E-state index in [1.54, 1.807) is 21.2 Å². The lowest BCUT2D eigenvalue weighted by molar-refractivity contribution is -0.138. The second-order valence-corrected chi connectivity index (χ2v) is 18.2. The second-order valence-electron chi connectivity index (χ2n) is 18.2. The quantitative estimate of drug-likeness (QED) is 0.0457. The van der Waals surface area contributed by atoms with Crippen molar-refractivity contribution in [2.45, 2.75) is 26.9 Å². The van der Waals surface area contributed by atoms with Crippen LogP contribution in [0, 0.1) is 13.8 Å². The minimum Gasteiger partial charge on any atom is -0.491 e. The molecule has 0 aliphatic carbocycles. The number of pyridine rings is 2. The van der Waals surface area contributed by atoms with Gasteiger partial charge < -0.3 is 47.9 Å². The zero-order valence-electron chi connectivity index (χ0n) is 41.9. The normalized spacial score (nSPS) is 11.5. The Morgan fingerprint density at radius 3 is 1.26 bits per heavy atom. The van der Waals surface area contributed by atoms with E-state index in [2.05, 4.69) is 9.97 Å². The van der Waals surface area contributed by atoms with E-state index in [0.29, 0.717) is 71.7 Å². The minimum absolute atomic E-state index is 0.0766. The van der Waals surface area contributed by atoms with Crippen molar-refractivity contribution in [3.05, 3.63) is 209 Å². The smallest absolute Gasteiger partial charge is 0.329 e.